The molecule has 0 radical (unpaired) electrons. The predicted molar refractivity (Wildman–Crippen MR) is 129 cm³/mol. The molecule has 0 aliphatic rings. The van der Waals surface area contributed by atoms with E-state index in [0.29, 0.717) is 34.9 Å². The van der Waals surface area contributed by atoms with Crippen LogP contribution < -0.4 is 20.7 Å². The molecule has 0 saturated heterocycles. The van der Waals surface area contributed by atoms with E-state index in [-0.39, 0.29) is 0 Å². The van der Waals surface area contributed by atoms with Gasteiger partial charge in [-0.2, -0.15) is 15.0 Å². The second-order valence-electron chi connectivity index (χ2n) is 7.11. The van der Waals surface area contributed by atoms with Crippen LogP contribution in [0.1, 0.15) is 6.92 Å². The van der Waals surface area contributed by atoms with Crippen molar-refractivity contribution in [1.82, 2.24) is 15.0 Å². The minimum absolute atomic E-state index is 0.333. The van der Waals surface area contributed by atoms with Crippen LogP contribution in [0.3, 0.4) is 0 Å². The van der Waals surface area contributed by atoms with E-state index in [9.17, 15) is 4.79 Å². The van der Waals surface area contributed by atoms with Crippen LogP contribution in [0.25, 0.3) is 0 Å². The lowest BCUT2D eigenvalue weighted by Crippen LogP contribution is -2.08. The van der Waals surface area contributed by atoms with Crippen molar-refractivity contribution in [3.8, 4) is 5.75 Å². The number of hydrogen-bond acceptors (Lipinski definition) is 8. The Morgan fingerprint density at radius 2 is 1.06 bits per heavy atom. The number of anilines is 6. The molecule has 4 rings (SSSR count). The summed E-state index contributed by atoms with van der Waals surface area (Å²) in [6.07, 6.45) is 0. The summed E-state index contributed by atoms with van der Waals surface area (Å²) in [6.45, 7) is 5.18. The van der Waals surface area contributed by atoms with E-state index in [0.717, 1.165) is 11.4 Å². The van der Waals surface area contributed by atoms with Crippen molar-refractivity contribution < 1.29 is 9.53 Å². The SMILES string of the molecule is C=C(C)C(=O)Oc1ccc(Nc2nc(Nc3ccccc3)nc(Nc3ccccc3)n2)cc1. The van der Waals surface area contributed by atoms with E-state index < -0.39 is 5.97 Å². The Hall–Kier alpha value is -4.72. The molecule has 0 saturated carbocycles. The van der Waals surface area contributed by atoms with Gasteiger partial charge in [-0.1, -0.05) is 43.0 Å². The average molecular weight is 438 g/mol. The molecule has 1 heterocycles. The van der Waals surface area contributed by atoms with Crippen molar-refractivity contribution in [2.24, 2.45) is 0 Å². The fourth-order valence-electron chi connectivity index (χ4n) is 2.77. The van der Waals surface area contributed by atoms with Gasteiger partial charge >= 0.3 is 5.97 Å². The molecule has 0 aliphatic heterocycles. The quantitative estimate of drug-likeness (QED) is 0.186. The highest BCUT2D eigenvalue weighted by atomic mass is 16.5. The van der Waals surface area contributed by atoms with Crippen molar-refractivity contribution in [1.29, 1.82) is 0 Å². The van der Waals surface area contributed by atoms with Crippen LogP contribution >= 0.6 is 0 Å². The highest BCUT2D eigenvalue weighted by Crippen LogP contribution is 2.22. The number of nitrogens with zero attached hydrogens (tertiary/aromatic N) is 3. The van der Waals surface area contributed by atoms with Gasteiger partial charge < -0.3 is 20.7 Å². The van der Waals surface area contributed by atoms with Crippen molar-refractivity contribution in [3.63, 3.8) is 0 Å². The van der Waals surface area contributed by atoms with Crippen molar-refractivity contribution in [2.75, 3.05) is 16.0 Å². The van der Waals surface area contributed by atoms with E-state index in [1.54, 1.807) is 31.2 Å². The number of rotatable bonds is 8. The minimum Gasteiger partial charge on any atom is -0.423 e. The largest absolute Gasteiger partial charge is 0.423 e. The Labute approximate surface area is 191 Å². The summed E-state index contributed by atoms with van der Waals surface area (Å²) in [7, 11) is 0. The average Bonchev–Trinajstić information content (AvgIpc) is 2.81. The Morgan fingerprint density at radius 3 is 1.45 bits per heavy atom. The predicted octanol–water partition coefficient (Wildman–Crippen LogP) is 5.58. The van der Waals surface area contributed by atoms with E-state index in [2.05, 4.69) is 37.5 Å². The normalized spacial score (nSPS) is 10.2. The van der Waals surface area contributed by atoms with Crippen LogP contribution in [0.2, 0.25) is 0 Å². The fraction of sp³-hybridized carbons (Fsp3) is 0.0400. The van der Waals surface area contributed by atoms with Gasteiger partial charge in [0.05, 0.1) is 0 Å². The van der Waals surface area contributed by atoms with Crippen LogP contribution in [0, 0.1) is 0 Å². The maximum absolute atomic E-state index is 11.7. The zero-order valence-corrected chi connectivity index (χ0v) is 17.9. The second-order valence-corrected chi connectivity index (χ2v) is 7.11. The molecule has 0 amide bonds. The molecule has 1 aromatic heterocycles. The van der Waals surface area contributed by atoms with Gasteiger partial charge in [-0.3, -0.25) is 0 Å². The number of nitrogens with one attached hydrogen (secondary N) is 3. The first kappa shape index (κ1) is 21.5. The molecule has 0 unspecified atom stereocenters. The van der Waals surface area contributed by atoms with E-state index in [1.807, 2.05) is 60.7 Å². The highest BCUT2D eigenvalue weighted by Gasteiger charge is 2.09. The Morgan fingerprint density at radius 1 is 0.667 bits per heavy atom. The van der Waals surface area contributed by atoms with Gasteiger partial charge in [0.25, 0.3) is 0 Å². The second kappa shape index (κ2) is 10.1. The third-order valence-electron chi connectivity index (χ3n) is 4.36. The molecule has 0 fully saturated rings. The first-order valence-corrected chi connectivity index (χ1v) is 10.2. The summed E-state index contributed by atoms with van der Waals surface area (Å²) in [4.78, 5) is 25.1. The summed E-state index contributed by atoms with van der Waals surface area (Å²) in [6, 6.07) is 26.1. The number of hydrogen-bond donors (Lipinski definition) is 3. The number of benzene rings is 3. The van der Waals surface area contributed by atoms with Gasteiger partial charge in [-0.05, 0) is 55.5 Å². The number of carbonyl (C=O) groups is 1. The molecule has 164 valence electrons. The molecule has 0 atom stereocenters. The highest BCUT2D eigenvalue weighted by molar-refractivity contribution is 5.88. The molecule has 3 aromatic carbocycles. The molecule has 3 N–H and O–H groups in total. The maximum atomic E-state index is 11.7. The van der Waals surface area contributed by atoms with Crippen LogP contribution in [0.4, 0.5) is 34.9 Å². The van der Waals surface area contributed by atoms with Crippen LogP contribution in [-0.2, 0) is 4.79 Å². The molecular formula is C25H22N6O2. The first-order valence-electron chi connectivity index (χ1n) is 10.2. The molecule has 4 aromatic rings. The zero-order valence-electron chi connectivity index (χ0n) is 17.9. The van der Waals surface area contributed by atoms with E-state index in [4.69, 9.17) is 4.74 Å². The number of aromatic nitrogens is 3. The maximum Gasteiger partial charge on any atom is 0.338 e. The number of carbonyl (C=O) groups excluding carboxylic acids is 1. The number of ether oxygens (including phenoxy) is 1. The smallest absolute Gasteiger partial charge is 0.338 e. The van der Waals surface area contributed by atoms with Crippen molar-refractivity contribution in [3.05, 3.63) is 97.1 Å². The summed E-state index contributed by atoms with van der Waals surface area (Å²) in [5.74, 6) is 1.05. The molecule has 33 heavy (non-hydrogen) atoms. The lowest BCUT2D eigenvalue weighted by molar-refractivity contribution is -0.130. The van der Waals surface area contributed by atoms with Crippen molar-refractivity contribution in [2.45, 2.75) is 6.92 Å². The van der Waals surface area contributed by atoms with Gasteiger partial charge in [-0.25, -0.2) is 4.79 Å². The molecule has 0 spiro atoms. The van der Waals surface area contributed by atoms with Gasteiger partial charge in [0, 0.05) is 22.6 Å². The van der Waals surface area contributed by atoms with E-state index >= 15 is 0 Å². The van der Waals surface area contributed by atoms with E-state index in [1.165, 1.54) is 0 Å². The van der Waals surface area contributed by atoms with Crippen LogP contribution in [-0.4, -0.2) is 20.9 Å². The lowest BCUT2D eigenvalue weighted by atomic mass is 10.3. The molecule has 0 aliphatic carbocycles. The third kappa shape index (κ3) is 6.14. The monoisotopic (exact) mass is 438 g/mol. The van der Waals surface area contributed by atoms with Crippen LogP contribution in [0.5, 0.6) is 5.75 Å². The van der Waals surface area contributed by atoms with Gasteiger partial charge in [0.2, 0.25) is 17.8 Å². The minimum atomic E-state index is -0.471. The first-order chi connectivity index (χ1) is 16.0. The molecule has 8 heteroatoms. The van der Waals surface area contributed by atoms with Gasteiger partial charge in [-0.15, -0.1) is 0 Å². The zero-order chi connectivity index (χ0) is 23.0. The fourth-order valence-corrected chi connectivity index (χ4v) is 2.77. The Bertz CT molecular complexity index is 1190. The Balaban J connectivity index is 1.56. The van der Waals surface area contributed by atoms with Gasteiger partial charge in [0.1, 0.15) is 5.75 Å². The lowest BCUT2D eigenvalue weighted by Gasteiger charge is -2.12. The number of esters is 1. The molecule has 0 bridgehead atoms. The summed E-state index contributed by atoms with van der Waals surface area (Å²) in [5, 5.41) is 9.54. The summed E-state index contributed by atoms with van der Waals surface area (Å²) in [5.41, 5.74) is 2.75. The summed E-state index contributed by atoms with van der Waals surface area (Å²) < 4.78 is 5.22. The standard InChI is InChI=1S/C25H22N6O2/c1-17(2)22(32)33-21-15-13-20(14-16-21)28-25-30-23(26-18-9-5-3-6-10-18)29-24(31-25)27-19-11-7-4-8-12-19/h3-16H,1H2,2H3,(H3,26,27,28,29,30,31). The van der Waals surface area contributed by atoms with Crippen molar-refractivity contribution >= 4 is 40.9 Å². The third-order valence-corrected chi connectivity index (χ3v) is 4.36. The molecular weight excluding hydrogens is 416 g/mol. The van der Waals surface area contributed by atoms with Crippen LogP contribution in [0.15, 0.2) is 97.1 Å². The number of para-hydroxylation sites is 2. The molecule has 8 nitrogen and oxygen atoms in total. The Kier molecular flexibility index (Phi) is 6.56. The topological polar surface area (TPSA) is 101 Å². The summed E-state index contributed by atoms with van der Waals surface area (Å²) >= 11 is 0. The van der Waals surface area contributed by atoms with Gasteiger partial charge in [0.15, 0.2) is 0 Å².